The second-order valence-electron chi connectivity index (χ2n) is 6.82. The highest BCUT2D eigenvalue weighted by Gasteiger charge is 2.27. The summed E-state index contributed by atoms with van der Waals surface area (Å²) in [5.74, 6) is 1.76. The Morgan fingerprint density at radius 3 is 2.80 bits per heavy atom. The molecule has 0 amide bonds. The molecule has 110 valence electrons. The summed E-state index contributed by atoms with van der Waals surface area (Å²) in [6, 6.07) is 6.91. The number of hydrogen-bond acceptors (Lipinski definition) is 3. The lowest BCUT2D eigenvalue weighted by Gasteiger charge is -2.35. The minimum Gasteiger partial charge on any atom is -0.486 e. The zero-order valence-corrected chi connectivity index (χ0v) is 12.6. The molecule has 0 aromatic heterocycles. The van der Waals surface area contributed by atoms with Gasteiger partial charge in [0.25, 0.3) is 0 Å². The smallest absolute Gasteiger partial charge is 0.161 e. The molecule has 1 saturated carbocycles. The van der Waals surface area contributed by atoms with Crippen molar-refractivity contribution < 1.29 is 9.47 Å². The Hall–Kier alpha value is -1.22. The Bertz CT molecular complexity index is 470. The van der Waals surface area contributed by atoms with Gasteiger partial charge >= 0.3 is 0 Å². The van der Waals surface area contributed by atoms with Crippen molar-refractivity contribution in [3.63, 3.8) is 0 Å². The standard InChI is InChI=1S/C17H25NO2/c1-17(2)7-3-4-14(11-17)18-12-13-5-6-15-16(10-13)20-9-8-19-15/h5-6,10,14,18H,3-4,7-9,11-12H2,1-2H3. The summed E-state index contributed by atoms with van der Waals surface area (Å²) in [6.07, 6.45) is 5.27. The summed E-state index contributed by atoms with van der Waals surface area (Å²) >= 11 is 0. The fourth-order valence-corrected chi connectivity index (χ4v) is 3.33. The van der Waals surface area contributed by atoms with Crippen molar-refractivity contribution in [1.82, 2.24) is 5.32 Å². The van der Waals surface area contributed by atoms with E-state index in [2.05, 4.69) is 31.3 Å². The van der Waals surface area contributed by atoms with Gasteiger partial charge in [0.05, 0.1) is 0 Å². The zero-order chi connectivity index (χ0) is 14.0. The van der Waals surface area contributed by atoms with Crippen molar-refractivity contribution in [3.8, 4) is 11.5 Å². The Morgan fingerprint density at radius 1 is 1.20 bits per heavy atom. The monoisotopic (exact) mass is 275 g/mol. The second-order valence-corrected chi connectivity index (χ2v) is 6.82. The number of hydrogen-bond donors (Lipinski definition) is 1. The molecule has 1 aliphatic heterocycles. The minimum absolute atomic E-state index is 0.489. The highest BCUT2D eigenvalue weighted by molar-refractivity contribution is 5.43. The zero-order valence-electron chi connectivity index (χ0n) is 12.6. The van der Waals surface area contributed by atoms with Gasteiger partial charge in [-0.05, 0) is 42.4 Å². The fraction of sp³-hybridized carbons (Fsp3) is 0.647. The first kappa shape index (κ1) is 13.7. The second kappa shape index (κ2) is 5.65. The summed E-state index contributed by atoms with van der Waals surface area (Å²) in [7, 11) is 0. The van der Waals surface area contributed by atoms with Crippen LogP contribution in [0.3, 0.4) is 0 Å². The SMILES string of the molecule is CC1(C)CCCC(NCc2ccc3c(c2)OCCO3)C1. The molecule has 1 aliphatic carbocycles. The number of benzene rings is 1. The van der Waals surface area contributed by atoms with Crippen molar-refractivity contribution >= 4 is 0 Å². The predicted octanol–water partition coefficient (Wildman–Crippen LogP) is 3.52. The van der Waals surface area contributed by atoms with E-state index in [1.54, 1.807) is 0 Å². The molecule has 1 N–H and O–H groups in total. The molecule has 2 aliphatic rings. The third-order valence-electron chi connectivity index (χ3n) is 4.41. The maximum Gasteiger partial charge on any atom is 0.161 e. The summed E-state index contributed by atoms with van der Waals surface area (Å²) in [6.45, 7) is 6.98. The lowest BCUT2D eigenvalue weighted by molar-refractivity contribution is 0.171. The van der Waals surface area contributed by atoms with E-state index in [9.17, 15) is 0 Å². The molecular weight excluding hydrogens is 250 g/mol. The number of nitrogens with one attached hydrogen (secondary N) is 1. The average molecular weight is 275 g/mol. The quantitative estimate of drug-likeness (QED) is 0.915. The summed E-state index contributed by atoms with van der Waals surface area (Å²) in [5, 5.41) is 3.70. The van der Waals surface area contributed by atoms with E-state index >= 15 is 0 Å². The third kappa shape index (κ3) is 3.26. The summed E-state index contributed by atoms with van der Waals surface area (Å²) in [4.78, 5) is 0. The van der Waals surface area contributed by atoms with E-state index < -0.39 is 0 Å². The van der Waals surface area contributed by atoms with Crippen LogP contribution in [0.15, 0.2) is 18.2 Å². The van der Waals surface area contributed by atoms with Crippen molar-refractivity contribution in [2.24, 2.45) is 5.41 Å². The van der Waals surface area contributed by atoms with Crippen LogP contribution in [0, 0.1) is 5.41 Å². The van der Waals surface area contributed by atoms with E-state index in [1.165, 1.54) is 31.2 Å². The lowest BCUT2D eigenvalue weighted by Crippen LogP contribution is -2.36. The van der Waals surface area contributed by atoms with E-state index in [1.807, 2.05) is 6.07 Å². The molecule has 0 saturated heterocycles. The van der Waals surface area contributed by atoms with E-state index in [4.69, 9.17) is 9.47 Å². The normalized spacial score (nSPS) is 24.4. The summed E-state index contributed by atoms with van der Waals surface area (Å²) in [5.41, 5.74) is 1.76. The lowest BCUT2D eigenvalue weighted by atomic mass is 9.75. The molecule has 20 heavy (non-hydrogen) atoms. The Balaban J connectivity index is 1.58. The number of fused-ring (bicyclic) bond motifs is 1. The molecule has 1 heterocycles. The first-order valence-electron chi connectivity index (χ1n) is 7.74. The van der Waals surface area contributed by atoms with E-state index in [0.717, 1.165) is 18.0 Å². The van der Waals surface area contributed by atoms with Gasteiger partial charge < -0.3 is 14.8 Å². The van der Waals surface area contributed by atoms with Crippen LogP contribution < -0.4 is 14.8 Å². The Kier molecular flexibility index (Phi) is 3.88. The van der Waals surface area contributed by atoms with Gasteiger partial charge in [0, 0.05) is 12.6 Å². The van der Waals surface area contributed by atoms with Crippen LogP contribution in [0.5, 0.6) is 11.5 Å². The van der Waals surface area contributed by atoms with Crippen molar-refractivity contribution in [1.29, 1.82) is 0 Å². The molecule has 1 atom stereocenters. The Morgan fingerprint density at radius 2 is 2.00 bits per heavy atom. The molecule has 0 radical (unpaired) electrons. The van der Waals surface area contributed by atoms with Gasteiger partial charge in [-0.1, -0.05) is 26.3 Å². The van der Waals surface area contributed by atoms with Gasteiger partial charge in [-0.3, -0.25) is 0 Å². The maximum atomic E-state index is 5.64. The van der Waals surface area contributed by atoms with Crippen molar-refractivity contribution in [2.45, 2.75) is 52.1 Å². The van der Waals surface area contributed by atoms with E-state index in [0.29, 0.717) is 24.7 Å². The topological polar surface area (TPSA) is 30.5 Å². The highest BCUT2D eigenvalue weighted by atomic mass is 16.6. The highest BCUT2D eigenvalue weighted by Crippen LogP contribution is 2.35. The van der Waals surface area contributed by atoms with Crippen LogP contribution >= 0.6 is 0 Å². The van der Waals surface area contributed by atoms with Crippen LogP contribution in [0.1, 0.15) is 45.1 Å². The van der Waals surface area contributed by atoms with Crippen molar-refractivity contribution in [3.05, 3.63) is 23.8 Å². The molecule has 0 spiro atoms. The van der Waals surface area contributed by atoms with E-state index in [-0.39, 0.29) is 0 Å². The van der Waals surface area contributed by atoms with Crippen molar-refractivity contribution in [2.75, 3.05) is 13.2 Å². The molecule has 1 aromatic carbocycles. The number of rotatable bonds is 3. The molecule has 1 unspecified atom stereocenters. The van der Waals surface area contributed by atoms with Gasteiger partial charge in [-0.25, -0.2) is 0 Å². The molecule has 1 aromatic rings. The fourth-order valence-electron chi connectivity index (χ4n) is 3.33. The predicted molar refractivity (Wildman–Crippen MR) is 80.3 cm³/mol. The first-order chi connectivity index (χ1) is 9.62. The van der Waals surface area contributed by atoms with Crippen LogP contribution in [0.4, 0.5) is 0 Å². The summed E-state index contributed by atoms with van der Waals surface area (Å²) < 4.78 is 11.2. The number of ether oxygens (including phenoxy) is 2. The maximum absolute atomic E-state index is 5.64. The Labute approximate surface area is 121 Å². The molecule has 3 heteroatoms. The van der Waals surface area contributed by atoms with Gasteiger partial charge in [0.15, 0.2) is 11.5 Å². The minimum atomic E-state index is 0.489. The van der Waals surface area contributed by atoms with Crippen LogP contribution in [-0.4, -0.2) is 19.3 Å². The largest absolute Gasteiger partial charge is 0.486 e. The van der Waals surface area contributed by atoms with Crippen LogP contribution in [0.25, 0.3) is 0 Å². The van der Waals surface area contributed by atoms with Gasteiger partial charge in [-0.15, -0.1) is 0 Å². The molecule has 1 fully saturated rings. The van der Waals surface area contributed by atoms with Gasteiger partial charge in [0.1, 0.15) is 13.2 Å². The molecule has 3 rings (SSSR count). The third-order valence-corrected chi connectivity index (χ3v) is 4.41. The van der Waals surface area contributed by atoms with Gasteiger partial charge in [0.2, 0.25) is 0 Å². The first-order valence-corrected chi connectivity index (χ1v) is 7.74. The van der Waals surface area contributed by atoms with Crippen LogP contribution in [-0.2, 0) is 6.54 Å². The molecular formula is C17H25NO2. The van der Waals surface area contributed by atoms with Gasteiger partial charge in [-0.2, -0.15) is 0 Å². The average Bonchev–Trinajstić information content (AvgIpc) is 2.44. The molecule has 3 nitrogen and oxygen atoms in total. The molecule has 0 bridgehead atoms. The van der Waals surface area contributed by atoms with Crippen LogP contribution in [0.2, 0.25) is 0 Å².